The van der Waals surface area contributed by atoms with Gasteiger partial charge in [-0.15, -0.1) is 0 Å². The minimum Gasteiger partial charge on any atom is -0.390 e. The van der Waals surface area contributed by atoms with E-state index in [2.05, 4.69) is 16.6 Å². The van der Waals surface area contributed by atoms with Crippen LogP contribution in [-0.4, -0.2) is 22.9 Å². The molecule has 5 nitrogen and oxygen atoms in total. The molecule has 2 unspecified atom stereocenters. The van der Waals surface area contributed by atoms with Crippen molar-refractivity contribution in [3.63, 3.8) is 0 Å². The van der Waals surface area contributed by atoms with E-state index in [-0.39, 0.29) is 6.54 Å². The summed E-state index contributed by atoms with van der Waals surface area (Å²) in [6.45, 7) is 3.46. The maximum absolute atomic E-state index is 9.85. The molecule has 0 amide bonds. The molecule has 0 aliphatic heterocycles. The van der Waals surface area contributed by atoms with Gasteiger partial charge in [0.1, 0.15) is 6.10 Å². The van der Waals surface area contributed by atoms with Gasteiger partial charge in [-0.3, -0.25) is 0 Å². The Hall–Kier alpha value is -1.81. The molecule has 1 aromatic carbocycles. The molecule has 2 atom stereocenters. The minimum absolute atomic E-state index is 0.164. The molecule has 0 heterocycles. The second-order valence-electron chi connectivity index (χ2n) is 3.26. The zero-order valence-corrected chi connectivity index (χ0v) is 8.69. The van der Waals surface area contributed by atoms with Crippen LogP contribution in [0.15, 0.2) is 36.0 Å². The molecule has 0 bridgehead atoms. The van der Waals surface area contributed by atoms with Gasteiger partial charge in [0.2, 0.25) is 0 Å². The zero-order valence-electron chi connectivity index (χ0n) is 8.69. The van der Waals surface area contributed by atoms with Gasteiger partial charge in [0.25, 0.3) is 0 Å². The van der Waals surface area contributed by atoms with Gasteiger partial charge < -0.3 is 10.2 Å². The van der Waals surface area contributed by atoms with E-state index in [4.69, 9.17) is 5.53 Å². The number of aliphatic hydroxyl groups is 2. The molecule has 0 aliphatic rings. The standard InChI is InChI=1S/C11H13N3O2/c1-2-8-5-3-4-6-9(8)11(16)10(15)7-13-14-12/h2-6,10-11,15-16H,1,7H2. The van der Waals surface area contributed by atoms with E-state index < -0.39 is 12.2 Å². The molecule has 0 saturated heterocycles. The van der Waals surface area contributed by atoms with Crippen LogP contribution in [0.2, 0.25) is 0 Å². The second kappa shape index (κ2) is 5.92. The van der Waals surface area contributed by atoms with Crippen molar-refractivity contribution in [2.45, 2.75) is 12.2 Å². The van der Waals surface area contributed by atoms with Crippen LogP contribution in [0.25, 0.3) is 16.5 Å². The molecule has 0 aromatic heterocycles. The van der Waals surface area contributed by atoms with Gasteiger partial charge in [0.05, 0.1) is 12.6 Å². The fourth-order valence-corrected chi connectivity index (χ4v) is 1.39. The summed E-state index contributed by atoms with van der Waals surface area (Å²) in [5.41, 5.74) is 9.43. The Morgan fingerprint density at radius 2 is 2.12 bits per heavy atom. The maximum Gasteiger partial charge on any atom is 0.106 e. The summed E-state index contributed by atoms with van der Waals surface area (Å²) in [7, 11) is 0. The van der Waals surface area contributed by atoms with E-state index in [0.717, 1.165) is 5.56 Å². The lowest BCUT2D eigenvalue weighted by Gasteiger charge is -2.18. The first kappa shape index (κ1) is 12.3. The van der Waals surface area contributed by atoms with Crippen molar-refractivity contribution in [1.29, 1.82) is 0 Å². The van der Waals surface area contributed by atoms with Crippen molar-refractivity contribution in [2.24, 2.45) is 5.11 Å². The first-order chi connectivity index (χ1) is 7.70. The molecule has 0 fully saturated rings. The van der Waals surface area contributed by atoms with Crippen LogP contribution < -0.4 is 0 Å². The highest BCUT2D eigenvalue weighted by atomic mass is 16.3. The predicted molar refractivity (Wildman–Crippen MR) is 61.5 cm³/mol. The lowest BCUT2D eigenvalue weighted by molar-refractivity contribution is 0.0243. The maximum atomic E-state index is 9.85. The van der Waals surface area contributed by atoms with Crippen molar-refractivity contribution in [1.82, 2.24) is 0 Å². The van der Waals surface area contributed by atoms with Gasteiger partial charge in [-0.25, -0.2) is 0 Å². The molecule has 5 heteroatoms. The number of azide groups is 1. The SMILES string of the molecule is C=Cc1ccccc1C(O)C(O)CN=[N+]=[N-]. The Kier molecular flexibility index (Phi) is 4.54. The van der Waals surface area contributed by atoms with Gasteiger partial charge in [0.15, 0.2) is 0 Å². The fourth-order valence-electron chi connectivity index (χ4n) is 1.39. The van der Waals surface area contributed by atoms with Crippen LogP contribution in [0.5, 0.6) is 0 Å². The molecule has 0 aliphatic carbocycles. The predicted octanol–water partition coefficient (Wildman–Crippen LogP) is 2.03. The van der Waals surface area contributed by atoms with Crippen LogP contribution in [0.3, 0.4) is 0 Å². The Morgan fingerprint density at radius 3 is 2.75 bits per heavy atom. The van der Waals surface area contributed by atoms with E-state index in [1.54, 1.807) is 24.3 Å². The molecule has 16 heavy (non-hydrogen) atoms. The van der Waals surface area contributed by atoms with E-state index >= 15 is 0 Å². The van der Waals surface area contributed by atoms with E-state index in [9.17, 15) is 10.2 Å². The summed E-state index contributed by atoms with van der Waals surface area (Å²) in [5, 5.41) is 22.6. The molecule has 0 saturated carbocycles. The Morgan fingerprint density at radius 1 is 1.44 bits per heavy atom. The first-order valence-electron chi connectivity index (χ1n) is 4.79. The summed E-state index contributed by atoms with van der Waals surface area (Å²) >= 11 is 0. The lowest BCUT2D eigenvalue weighted by Crippen LogP contribution is -2.21. The van der Waals surface area contributed by atoms with Gasteiger partial charge in [-0.05, 0) is 16.7 Å². The molecule has 84 valence electrons. The molecule has 1 rings (SSSR count). The van der Waals surface area contributed by atoms with Crippen LogP contribution in [0.1, 0.15) is 17.2 Å². The zero-order chi connectivity index (χ0) is 12.0. The van der Waals surface area contributed by atoms with Crippen molar-refractivity contribution < 1.29 is 10.2 Å². The third-order valence-corrected chi connectivity index (χ3v) is 2.23. The summed E-state index contributed by atoms with van der Waals surface area (Å²) in [6.07, 6.45) is -0.601. The lowest BCUT2D eigenvalue weighted by atomic mass is 9.99. The van der Waals surface area contributed by atoms with Gasteiger partial charge >= 0.3 is 0 Å². The number of benzene rings is 1. The quantitative estimate of drug-likeness (QED) is 0.450. The minimum atomic E-state index is -1.11. The third-order valence-electron chi connectivity index (χ3n) is 2.23. The molecule has 2 N–H and O–H groups in total. The molecule has 0 radical (unpaired) electrons. The van der Waals surface area contributed by atoms with Crippen molar-refractivity contribution >= 4 is 6.08 Å². The fraction of sp³-hybridized carbons (Fsp3) is 0.273. The third kappa shape index (κ3) is 2.84. The average molecular weight is 219 g/mol. The Labute approximate surface area is 93.3 Å². The highest BCUT2D eigenvalue weighted by Gasteiger charge is 2.19. The summed E-state index contributed by atoms with van der Waals surface area (Å²) < 4.78 is 0. The van der Waals surface area contributed by atoms with Gasteiger partial charge in [0, 0.05) is 4.91 Å². The van der Waals surface area contributed by atoms with Gasteiger partial charge in [-0.1, -0.05) is 42.0 Å². The Balaban J connectivity index is 2.90. The van der Waals surface area contributed by atoms with Crippen LogP contribution in [0.4, 0.5) is 0 Å². The van der Waals surface area contributed by atoms with Crippen LogP contribution in [-0.2, 0) is 0 Å². The number of rotatable bonds is 5. The highest BCUT2D eigenvalue weighted by Crippen LogP contribution is 2.22. The smallest absolute Gasteiger partial charge is 0.106 e. The summed E-state index contributed by atoms with van der Waals surface area (Å²) in [6, 6.07) is 7.05. The average Bonchev–Trinajstić information content (AvgIpc) is 2.34. The van der Waals surface area contributed by atoms with Crippen molar-refractivity contribution in [3.8, 4) is 0 Å². The molecule has 0 spiro atoms. The van der Waals surface area contributed by atoms with Gasteiger partial charge in [-0.2, -0.15) is 0 Å². The van der Waals surface area contributed by atoms with E-state index in [1.807, 2.05) is 6.07 Å². The highest BCUT2D eigenvalue weighted by molar-refractivity contribution is 5.52. The van der Waals surface area contributed by atoms with Crippen LogP contribution >= 0.6 is 0 Å². The normalized spacial score (nSPS) is 13.6. The summed E-state index contributed by atoms with van der Waals surface area (Å²) in [4.78, 5) is 2.53. The van der Waals surface area contributed by atoms with E-state index in [0.29, 0.717) is 5.56 Å². The van der Waals surface area contributed by atoms with Crippen molar-refractivity contribution in [2.75, 3.05) is 6.54 Å². The number of hydrogen-bond donors (Lipinski definition) is 2. The molecule has 1 aromatic rings. The number of aliphatic hydroxyl groups excluding tert-OH is 2. The number of nitrogens with zero attached hydrogens (tertiary/aromatic N) is 3. The first-order valence-corrected chi connectivity index (χ1v) is 4.79. The summed E-state index contributed by atoms with van der Waals surface area (Å²) in [5.74, 6) is 0. The van der Waals surface area contributed by atoms with E-state index in [1.165, 1.54) is 0 Å². The molecular formula is C11H13N3O2. The molecular weight excluding hydrogens is 206 g/mol. The van der Waals surface area contributed by atoms with Crippen LogP contribution in [0, 0.1) is 0 Å². The monoisotopic (exact) mass is 219 g/mol. The second-order valence-corrected chi connectivity index (χ2v) is 3.26. The largest absolute Gasteiger partial charge is 0.390 e. The number of hydrogen-bond acceptors (Lipinski definition) is 3. The van der Waals surface area contributed by atoms with Crippen molar-refractivity contribution in [3.05, 3.63) is 52.4 Å². The topological polar surface area (TPSA) is 89.2 Å². The Bertz CT molecular complexity index is 413.